The lowest BCUT2D eigenvalue weighted by atomic mass is 9.82. The monoisotopic (exact) mass is 433 g/mol. The number of carboxylic acids is 1. The van der Waals surface area contributed by atoms with Crippen LogP contribution in [0.3, 0.4) is 0 Å². The summed E-state index contributed by atoms with van der Waals surface area (Å²) in [5.41, 5.74) is 1.76. The Morgan fingerprint density at radius 1 is 1.00 bits per heavy atom. The van der Waals surface area contributed by atoms with Crippen molar-refractivity contribution in [3.8, 4) is 16.9 Å². The Hall–Kier alpha value is -2.42. The van der Waals surface area contributed by atoms with E-state index in [9.17, 15) is 23.4 Å². The molecule has 1 aliphatic rings. The van der Waals surface area contributed by atoms with Gasteiger partial charge in [-0.15, -0.1) is 0 Å². The minimum absolute atomic E-state index is 0.0457. The molecule has 2 aromatic rings. The van der Waals surface area contributed by atoms with Gasteiger partial charge in [0.25, 0.3) is 0 Å². The van der Waals surface area contributed by atoms with E-state index in [1.54, 1.807) is 19.2 Å². The van der Waals surface area contributed by atoms with Gasteiger partial charge in [0.05, 0.1) is 18.1 Å². The second-order valence-electron chi connectivity index (χ2n) is 7.63. The number of carbonyl (C=O) groups is 1. The third-order valence-corrected chi connectivity index (χ3v) is 7.64. The van der Waals surface area contributed by atoms with Crippen LogP contribution in [0.4, 0.5) is 0 Å². The number of aliphatic hydroxyl groups excluding tert-OH is 1. The van der Waals surface area contributed by atoms with Gasteiger partial charge in [-0.1, -0.05) is 24.3 Å². The maximum atomic E-state index is 13.1. The van der Waals surface area contributed by atoms with Crippen molar-refractivity contribution in [1.29, 1.82) is 0 Å². The normalized spacial score (nSPS) is 20.7. The third kappa shape index (κ3) is 4.66. The van der Waals surface area contributed by atoms with Crippen LogP contribution in [0, 0.1) is 5.92 Å². The largest absolute Gasteiger partial charge is 0.497 e. The average Bonchev–Trinajstić information content (AvgIpc) is 2.75. The van der Waals surface area contributed by atoms with Crippen molar-refractivity contribution in [3.05, 3.63) is 48.5 Å². The van der Waals surface area contributed by atoms with E-state index in [0.29, 0.717) is 25.7 Å². The first-order chi connectivity index (χ1) is 14.2. The molecule has 1 saturated carbocycles. The Morgan fingerprint density at radius 2 is 1.50 bits per heavy atom. The minimum atomic E-state index is -3.99. The molecule has 2 N–H and O–H groups in total. The predicted molar refractivity (Wildman–Crippen MR) is 113 cm³/mol. The summed E-state index contributed by atoms with van der Waals surface area (Å²) in [7, 11) is -1.08. The third-order valence-electron chi connectivity index (χ3n) is 5.79. The molecule has 1 fully saturated rings. The Morgan fingerprint density at radius 3 is 1.97 bits per heavy atom. The van der Waals surface area contributed by atoms with Crippen LogP contribution in [-0.2, 0) is 14.8 Å². The Labute approximate surface area is 177 Å². The van der Waals surface area contributed by atoms with Crippen LogP contribution >= 0.6 is 0 Å². The maximum Gasteiger partial charge on any atom is 0.322 e. The summed E-state index contributed by atoms with van der Waals surface area (Å²) < 4.78 is 32.3. The van der Waals surface area contributed by atoms with Crippen molar-refractivity contribution in [2.24, 2.45) is 5.92 Å². The molecule has 1 aliphatic carbocycles. The molecule has 30 heavy (non-hydrogen) atoms. The number of aliphatic hydroxyl groups is 1. The van der Waals surface area contributed by atoms with Gasteiger partial charge in [0.15, 0.2) is 0 Å². The number of methoxy groups -OCH3 is 1. The van der Waals surface area contributed by atoms with Crippen molar-refractivity contribution < 1.29 is 28.2 Å². The molecule has 7 nitrogen and oxygen atoms in total. The molecule has 0 aliphatic heterocycles. The lowest BCUT2D eigenvalue weighted by Crippen LogP contribution is -2.48. The standard InChI is InChI=1S/C22H27NO6S/c1-23(21(22(25)26)17-3-9-18(24)10-4-17)30(27,28)20-13-7-16(8-14-20)15-5-11-19(29-2)12-6-15/h5-8,11-14,17-18,21,24H,3-4,9-10H2,1-2H3,(H,25,26). The van der Waals surface area contributed by atoms with Crippen molar-refractivity contribution in [1.82, 2.24) is 4.31 Å². The van der Waals surface area contributed by atoms with Crippen LogP contribution in [-0.4, -0.2) is 55.2 Å². The fourth-order valence-corrected chi connectivity index (χ4v) is 5.36. The zero-order chi connectivity index (χ0) is 21.9. The highest BCUT2D eigenvalue weighted by molar-refractivity contribution is 7.89. The summed E-state index contributed by atoms with van der Waals surface area (Å²) in [5, 5.41) is 19.4. The molecule has 0 heterocycles. The van der Waals surface area contributed by atoms with Crippen molar-refractivity contribution in [3.63, 3.8) is 0 Å². The smallest absolute Gasteiger partial charge is 0.322 e. The van der Waals surface area contributed by atoms with Crippen molar-refractivity contribution in [2.45, 2.75) is 42.7 Å². The van der Waals surface area contributed by atoms with Crippen LogP contribution in [0.1, 0.15) is 25.7 Å². The van der Waals surface area contributed by atoms with E-state index in [1.807, 2.05) is 24.3 Å². The highest BCUT2D eigenvalue weighted by atomic mass is 32.2. The molecule has 0 radical (unpaired) electrons. The number of benzene rings is 2. The predicted octanol–water partition coefficient (Wildman–Crippen LogP) is 2.99. The average molecular weight is 434 g/mol. The number of ether oxygens (including phenoxy) is 1. The van der Waals surface area contributed by atoms with E-state index in [2.05, 4.69) is 0 Å². The van der Waals surface area contributed by atoms with Crippen LogP contribution in [0.2, 0.25) is 0 Å². The number of hydrogen-bond acceptors (Lipinski definition) is 5. The summed E-state index contributed by atoms with van der Waals surface area (Å²) in [6.07, 6.45) is 1.49. The van der Waals surface area contributed by atoms with E-state index >= 15 is 0 Å². The van der Waals surface area contributed by atoms with Crippen molar-refractivity contribution >= 4 is 16.0 Å². The second kappa shape index (κ2) is 9.16. The molecular formula is C22H27NO6S. The number of rotatable bonds is 7. The molecule has 0 spiro atoms. The number of likely N-dealkylation sites (N-methyl/N-ethyl adjacent to an activating group) is 1. The number of nitrogens with zero attached hydrogens (tertiary/aromatic N) is 1. The van der Waals surface area contributed by atoms with Gasteiger partial charge in [-0.3, -0.25) is 4.79 Å². The number of sulfonamides is 1. The second-order valence-corrected chi connectivity index (χ2v) is 9.62. The lowest BCUT2D eigenvalue weighted by molar-refractivity contribution is -0.143. The van der Waals surface area contributed by atoms with Gasteiger partial charge in [0.1, 0.15) is 11.8 Å². The van der Waals surface area contributed by atoms with E-state index in [4.69, 9.17) is 4.74 Å². The van der Waals surface area contributed by atoms with Crippen LogP contribution < -0.4 is 4.74 Å². The van der Waals surface area contributed by atoms with E-state index < -0.39 is 28.1 Å². The minimum Gasteiger partial charge on any atom is -0.497 e. The first-order valence-corrected chi connectivity index (χ1v) is 11.3. The van der Waals surface area contributed by atoms with Gasteiger partial charge >= 0.3 is 5.97 Å². The van der Waals surface area contributed by atoms with Crippen LogP contribution in [0.25, 0.3) is 11.1 Å². The van der Waals surface area contributed by atoms with Crippen LogP contribution in [0.5, 0.6) is 5.75 Å². The Balaban J connectivity index is 1.82. The molecule has 2 aromatic carbocycles. The molecule has 8 heteroatoms. The first-order valence-electron chi connectivity index (χ1n) is 9.87. The fraction of sp³-hybridized carbons (Fsp3) is 0.409. The quantitative estimate of drug-likeness (QED) is 0.696. The number of aliphatic carboxylic acids is 1. The highest BCUT2D eigenvalue weighted by Crippen LogP contribution is 2.32. The van der Waals surface area contributed by atoms with Gasteiger partial charge in [0.2, 0.25) is 10.0 Å². The zero-order valence-corrected chi connectivity index (χ0v) is 17.9. The summed E-state index contributed by atoms with van der Waals surface area (Å²) in [5.74, 6) is -0.768. The molecule has 1 atom stereocenters. The summed E-state index contributed by atoms with van der Waals surface area (Å²) >= 11 is 0. The molecular weight excluding hydrogens is 406 g/mol. The molecule has 1 unspecified atom stereocenters. The first kappa shape index (κ1) is 22.3. The van der Waals surface area contributed by atoms with Crippen LogP contribution in [0.15, 0.2) is 53.4 Å². The SMILES string of the molecule is COc1ccc(-c2ccc(S(=O)(=O)N(C)C(C(=O)O)C3CCC(O)CC3)cc2)cc1. The Bertz CT molecular complexity index is 964. The summed E-state index contributed by atoms with van der Waals surface area (Å²) in [6.45, 7) is 0. The Kier molecular flexibility index (Phi) is 6.80. The van der Waals surface area contributed by atoms with Gasteiger partial charge in [0, 0.05) is 7.05 Å². The summed E-state index contributed by atoms with van der Waals surface area (Å²) in [6, 6.07) is 12.6. The highest BCUT2D eigenvalue weighted by Gasteiger charge is 2.39. The molecule has 0 saturated heterocycles. The molecule has 0 aromatic heterocycles. The number of hydrogen-bond donors (Lipinski definition) is 2. The topological polar surface area (TPSA) is 104 Å². The molecule has 162 valence electrons. The molecule has 0 bridgehead atoms. The van der Waals surface area contributed by atoms with E-state index in [-0.39, 0.29) is 10.8 Å². The lowest BCUT2D eigenvalue weighted by Gasteiger charge is -2.34. The molecule has 0 amide bonds. The fourth-order valence-electron chi connectivity index (χ4n) is 3.99. The summed E-state index contributed by atoms with van der Waals surface area (Å²) in [4.78, 5) is 12.0. The van der Waals surface area contributed by atoms with Crippen molar-refractivity contribution in [2.75, 3.05) is 14.2 Å². The van der Waals surface area contributed by atoms with Gasteiger partial charge in [-0.25, -0.2) is 8.42 Å². The zero-order valence-electron chi connectivity index (χ0n) is 17.1. The maximum absolute atomic E-state index is 13.1. The van der Waals surface area contributed by atoms with Gasteiger partial charge in [-0.05, 0) is 67.0 Å². The van der Waals surface area contributed by atoms with Gasteiger partial charge < -0.3 is 14.9 Å². The molecule has 3 rings (SSSR count). The van der Waals surface area contributed by atoms with E-state index in [0.717, 1.165) is 21.2 Å². The van der Waals surface area contributed by atoms with E-state index in [1.165, 1.54) is 19.2 Å². The van der Waals surface area contributed by atoms with Gasteiger partial charge in [-0.2, -0.15) is 4.31 Å². The number of carboxylic acid groups (broad SMARTS) is 1.